The third-order valence-corrected chi connectivity index (χ3v) is 3.41. The number of piperazine rings is 1. The molecule has 0 aliphatic carbocycles. The summed E-state index contributed by atoms with van der Waals surface area (Å²) in [5.74, 6) is 0.897. The lowest BCUT2D eigenvalue weighted by Gasteiger charge is -2.41. The molecule has 0 bridgehead atoms. The Bertz CT molecular complexity index is 513. The van der Waals surface area contributed by atoms with Crippen LogP contribution in [0.3, 0.4) is 0 Å². The second kappa shape index (κ2) is 5.87. The van der Waals surface area contributed by atoms with Crippen molar-refractivity contribution in [2.24, 2.45) is 0 Å². The molecule has 1 unspecified atom stereocenters. The molecular formula is C15H24N4O2. The van der Waals surface area contributed by atoms with Crippen molar-refractivity contribution in [1.82, 2.24) is 14.9 Å². The Balaban J connectivity index is 2.03. The molecule has 1 fully saturated rings. The van der Waals surface area contributed by atoms with Crippen LogP contribution in [0.5, 0.6) is 0 Å². The number of hydrogen-bond donors (Lipinski definition) is 0. The lowest BCUT2D eigenvalue weighted by molar-refractivity contribution is 0.0218. The summed E-state index contributed by atoms with van der Waals surface area (Å²) in [4.78, 5) is 24.8. The monoisotopic (exact) mass is 292 g/mol. The van der Waals surface area contributed by atoms with Crippen LogP contribution < -0.4 is 4.90 Å². The first-order chi connectivity index (χ1) is 9.78. The molecule has 6 nitrogen and oxygen atoms in total. The Labute approximate surface area is 126 Å². The maximum atomic E-state index is 12.1. The number of carbonyl (C=O) groups excluding carboxylic acids is 1. The van der Waals surface area contributed by atoms with Crippen molar-refractivity contribution in [3.63, 3.8) is 0 Å². The van der Waals surface area contributed by atoms with Crippen molar-refractivity contribution in [2.45, 2.75) is 46.3 Å². The Hall–Kier alpha value is -1.85. The first kappa shape index (κ1) is 15.5. The SMILES string of the molecule is Cc1nccnc1N1CCN(C(=O)OC(C)(C)C)CC1C. The molecule has 1 atom stereocenters. The van der Waals surface area contributed by atoms with Crippen molar-refractivity contribution in [3.8, 4) is 0 Å². The van der Waals surface area contributed by atoms with Crippen LogP contribution in [-0.4, -0.2) is 52.2 Å². The fraction of sp³-hybridized carbons (Fsp3) is 0.667. The smallest absolute Gasteiger partial charge is 0.410 e. The van der Waals surface area contributed by atoms with Gasteiger partial charge in [0.15, 0.2) is 0 Å². The van der Waals surface area contributed by atoms with Gasteiger partial charge in [0.05, 0.1) is 5.69 Å². The van der Waals surface area contributed by atoms with Crippen LogP contribution >= 0.6 is 0 Å². The van der Waals surface area contributed by atoms with E-state index < -0.39 is 5.60 Å². The number of anilines is 1. The molecule has 21 heavy (non-hydrogen) atoms. The molecule has 1 aromatic rings. The Kier molecular flexibility index (Phi) is 4.34. The number of amides is 1. The third kappa shape index (κ3) is 3.83. The first-order valence-electron chi connectivity index (χ1n) is 7.30. The van der Waals surface area contributed by atoms with E-state index in [1.165, 1.54) is 0 Å². The van der Waals surface area contributed by atoms with E-state index in [2.05, 4.69) is 21.8 Å². The number of carbonyl (C=O) groups is 1. The van der Waals surface area contributed by atoms with Crippen LogP contribution in [0.2, 0.25) is 0 Å². The molecule has 116 valence electrons. The number of hydrogen-bond acceptors (Lipinski definition) is 5. The van der Waals surface area contributed by atoms with Gasteiger partial charge < -0.3 is 14.5 Å². The molecule has 0 spiro atoms. The lowest BCUT2D eigenvalue weighted by atomic mass is 10.2. The van der Waals surface area contributed by atoms with E-state index >= 15 is 0 Å². The summed E-state index contributed by atoms with van der Waals surface area (Å²) in [6.45, 7) is 11.7. The quantitative estimate of drug-likeness (QED) is 0.794. The molecule has 2 rings (SSSR count). The number of nitrogens with zero attached hydrogens (tertiary/aromatic N) is 4. The molecule has 0 aromatic carbocycles. The van der Waals surface area contributed by atoms with Crippen LogP contribution in [-0.2, 0) is 4.74 Å². The second-order valence-electron chi connectivity index (χ2n) is 6.43. The summed E-state index contributed by atoms with van der Waals surface area (Å²) in [6.07, 6.45) is 3.15. The van der Waals surface area contributed by atoms with Crippen LogP contribution in [0.25, 0.3) is 0 Å². The number of rotatable bonds is 1. The Morgan fingerprint density at radius 1 is 1.29 bits per heavy atom. The molecule has 1 aliphatic rings. The molecule has 6 heteroatoms. The minimum Gasteiger partial charge on any atom is -0.444 e. The largest absolute Gasteiger partial charge is 0.444 e. The van der Waals surface area contributed by atoms with E-state index in [0.29, 0.717) is 13.1 Å². The highest BCUT2D eigenvalue weighted by molar-refractivity contribution is 5.68. The highest BCUT2D eigenvalue weighted by Gasteiger charge is 2.30. The zero-order valence-corrected chi connectivity index (χ0v) is 13.5. The van der Waals surface area contributed by atoms with Crippen molar-refractivity contribution in [2.75, 3.05) is 24.5 Å². The Morgan fingerprint density at radius 2 is 1.95 bits per heavy atom. The average Bonchev–Trinajstić information content (AvgIpc) is 2.38. The van der Waals surface area contributed by atoms with Gasteiger partial charge in [-0.2, -0.15) is 0 Å². The normalized spacial score (nSPS) is 19.6. The van der Waals surface area contributed by atoms with Gasteiger partial charge in [-0.1, -0.05) is 0 Å². The predicted octanol–water partition coefficient (Wildman–Crippen LogP) is 2.23. The molecule has 1 amide bonds. The van der Waals surface area contributed by atoms with Crippen molar-refractivity contribution >= 4 is 11.9 Å². The van der Waals surface area contributed by atoms with Gasteiger partial charge in [-0.05, 0) is 34.6 Å². The topological polar surface area (TPSA) is 58.6 Å². The fourth-order valence-electron chi connectivity index (χ4n) is 2.45. The molecular weight excluding hydrogens is 268 g/mol. The average molecular weight is 292 g/mol. The third-order valence-electron chi connectivity index (χ3n) is 3.41. The second-order valence-corrected chi connectivity index (χ2v) is 6.43. The minimum absolute atomic E-state index is 0.182. The molecule has 2 heterocycles. The fourth-order valence-corrected chi connectivity index (χ4v) is 2.45. The minimum atomic E-state index is -0.459. The number of aryl methyl sites for hydroxylation is 1. The zero-order valence-electron chi connectivity index (χ0n) is 13.5. The van der Waals surface area contributed by atoms with E-state index in [-0.39, 0.29) is 12.1 Å². The molecule has 0 radical (unpaired) electrons. The van der Waals surface area contributed by atoms with Gasteiger partial charge in [0, 0.05) is 38.1 Å². The number of ether oxygens (including phenoxy) is 1. The molecule has 0 N–H and O–H groups in total. The van der Waals surface area contributed by atoms with Gasteiger partial charge in [0.2, 0.25) is 0 Å². The summed E-state index contributed by atoms with van der Waals surface area (Å²) in [6, 6.07) is 0.182. The van der Waals surface area contributed by atoms with E-state index in [1.807, 2.05) is 27.7 Å². The van der Waals surface area contributed by atoms with Crippen molar-refractivity contribution in [3.05, 3.63) is 18.1 Å². The van der Waals surface area contributed by atoms with E-state index in [1.54, 1.807) is 17.3 Å². The van der Waals surface area contributed by atoms with Crippen LogP contribution in [0.4, 0.5) is 10.6 Å². The maximum absolute atomic E-state index is 12.1. The molecule has 0 saturated carbocycles. The zero-order chi connectivity index (χ0) is 15.6. The summed E-state index contributed by atoms with van der Waals surface area (Å²) >= 11 is 0. The van der Waals surface area contributed by atoms with Crippen molar-refractivity contribution < 1.29 is 9.53 Å². The summed E-state index contributed by atoms with van der Waals surface area (Å²) in [7, 11) is 0. The molecule has 1 aliphatic heterocycles. The van der Waals surface area contributed by atoms with Crippen LogP contribution in [0.15, 0.2) is 12.4 Å². The van der Waals surface area contributed by atoms with Crippen LogP contribution in [0.1, 0.15) is 33.4 Å². The number of aromatic nitrogens is 2. The van der Waals surface area contributed by atoms with Gasteiger partial charge in [-0.3, -0.25) is 4.98 Å². The van der Waals surface area contributed by atoms with Crippen LogP contribution in [0, 0.1) is 6.92 Å². The van der Waals surface area contributed by atoms with Gasteiger partial charge in [0.25, 0.3) is 0 Å². The highest BCUT2D eigenvalue weighted by atomic mass is 16.6. The van der Waals surface area contributed by atoms with E-state index in [0.717, 1.165) is 18.1 Å². The van der Waals surface area contributed by atoms with Gasteiger partial charge in [-0.25, -0.2) is 9.78 Å². The van der Waals surface area contributed by atoms with Gasteiger partial charge >= 0.3 is 6.09 Å². The van der Waals surface area contributed by atoms with Gasteiger partial charge in [-0.15, -0.1) is 0 Å². The van der Waals surface area contributed by atoms with E-state index in [4.69, 9.17) is 4.74 Å². The summed E-state index contributed by atoms with van der Waals surface area (Å²) in [5.41, 5.74) is 0.453. The summed E-state index contributed by atoms with van der Waals surface area (Å²) < 4.78 is 5.43. The lowest BCUT2D eigenvalue weighted by Crippen LogP contribution is -2.55. The van der Waals surface area contributed by atoms with Crippen molar-refractivity contribution in [1.29, 1.82) is 0 Å². The molecule has 1 saturated heterocycles. The highest BCUT2D eigenvalue weighted by Crippen LogP contribution is 2.21. The first-order valence-corrected chi connectivity index (χ1v) is 7.30. The predicted molar refractivity (Wildman–Crippen MR) is 81.4 cm³/mol. The summed E-state index contributed by atoms with van der Waals surface area (Å²) in [5, 5.41) is 0. The Morgan fingerprint density at radius 3 is 2.52 bits per heavy atom. The van der Waals surface area contributed by atoms with Gasteiger partial charge in [0.1, 0.15) is 11.4 Å². The van der Waals surface area contributed by atoms with E-state index in [9.17, 15) is 4.79 Å². The standard InChI is InChI=1S/C15H24N4O2/c1-11-10-18(14(20)21-15(3,4)5)8-9-19(11)13-12(2)16-6-7-17-13/h6-7,11H,8-10H2,1-5H3. The molecule has 1 aromatic heterocycles. The maximum Gasteiger partial charge on any atom is 0.410 e.